The number of rotatable bonds is 5. The maximum atomic E-state index is 12.5. The molecule has 2 aromatic heterocycles. The number of nitrogens with one attached hydrogen (secondary N) is 1. The second-order valence-corrected chi connectivity index (χ2v) is 7.61. The molecule has 6 nitrogen and oxygen atoms in total. The minimum atomic E-state index is -0.151. The van der Waals surface area contributed by atoms with Gasteiger partial charge in [0, 0.05) is 23.9 Å². The maximum Gasteiger partial charge on any atom is 0.318 e. The Morgan fingerprint density at radius 3 is 3.16 bits per heavy atom. The van der Waals surface area contributed by atoms with Gasteiger partial charge in [-0.15, -0.1) is 11.3 Å². The molecule has 25 heavy (non-hydrogen) atoms. The van der Waals surface area contributed by atoms with Gasteiger partial charge in [-0.3, -0.25) is 0 Å². The second kappa shape index (κ2) is 7.98. The van der Waals surface area contributed by atoms with Crippen LogP contribution in [0.2, 0.25) is 5.15 Å². The van der Waals surface area contributed by atoms with Crippen molar-refractivity contribution >= 4 is 39.2 Å². The van der Waals surface area contributed by atoms with E-state index in [9.17, 15) is 4.79 Å². The van der Waals surface area contributed by atoms with Gasteiger partial charge in [0.25, 0.3) is 0 Å². The third-order valence-corrected chi connectivity index (χ3v) is 5.91. The topological polar surface area (TPSA) is 81.9 Å². The number of nitriles is 1. The molecule has 0 saturated heterocycles. The predicted molar refractivity (Wildman–Crippen MR) is 98.9 cm³/mol. The number of hydrogen-bond acceptors (Lipinski definition) is 5. The molecule has 0 aromatic carbocycles. The van der Waals surface area contributed by atoms with Gasteiger partial charge in [0.1, 0.15) is 22.9 Å². The van der Waals surface area contributed by atoms with Gasteiger partial charge < -0.3 is 10.2 Å². The highest BCUT2D eigenvalue weighted by molar-refractivity contribution is 7.19. The number of urea groups is 1. The molecule has 1 aliphatic rings. The van der Waals surface area contributed by atoms with Crippen LogP contribution in [-0.2, 0) is 12.8 Å². The third-order valence-electron chi connectivity index (χ3n) is 4.46. The molecule has 0 aliphatic heterocycles. The first kappa shape index (κ1) is 17.9. The van der Waals surface area contributed by atoms with E-state index in [1.54, 1.807) is 16.2 Å². The van der Waals surface area contributed by atoms with Gasteiger partial charge in [-0.05, 0) is 24.8 Å². The van der Waals surface area contributed by atoms with E-state index < -0.39 is 0 Å². The first-order valence-corrected chi connectivity index (χ1v) is 9.66. The van der Waals surface area contributed by atoms with E-state index in [0.717, 1.165) is 42.3 Å². The molecule has 1 unspecified atom stereocenters. The molecule has 0 saturated carbocycles. The number of unbranched alkanes of at least 4 members (excludes halogenated alkanes) is 1. The molecule has 0 spiro atoms. The van der Waals surface area contributed by atoms with Crippen molar-refractivity contribution < 1.29 is 4.79 Å². The molecule has 2 amide bonds. The zero-order chi connectivity index (χ0) is 17.8. The number of halogens is 1. The van der Waals surface area contributed by atoms with Gasteiger partial charge in [0.05, 0.1) is 11.5 Å². The number of nitrogens with zero attached hydrogens (tertiary/aromatic N) is 4. The Hall–Kier alpha value is -1.91. The lowest BCUT2D eigenvalue weighted by Crippen LogP contribution is -2.47. The Bertz CT molecular complexity index is 815. The number of carbonyl (C=O) groups is 1. The van der Waals surface area contributed by atoms with E-state index in [2.05, 4.69) is 28.3 Å². The van der Waals surface area contributed by atoms with E-state index in [-0.39, 0.29) is 18.6 Å². The van der Waals surface area contributed by atoms with Gasteiger partial charge >= 0.3 is 6.03 Å². The summed E-state index contributed by atoms with van der Waals surface area (Å²) in [5.74, 6) is 0. The van der Waals surface area contributed by atoms with Crippen molar-refractivity contribution in [1.29, 1.82) is 5.26 Å². The van der Waals surface area contributed by atoms with Crippen LogP contribution < -0.4 is 5.32 Å². The molecule has 2 heterocycles. The third kappa shape index (κ3) is 3.86. The molecule has 132 valence electrons. The summed E-state index contributed by atoms with van der Waals surface area (Å²) in [5, 5.41) is 13.5. The van der Waals surface area contributed by atoms with Crippen molar-refractivity contribution in [2.45, 2.75) is 45.1 Å². The summed E-state index contributed by atoms with van der Waals surface area (Å²) in [6.45, 7) is 2.81. The molecule has 0 radical (unpaired) electrons. The van der Waals surface area contributed by atoms with E-state index in [1.165, 1.54) is 16.8 Å². The lowest BCUT2D eigenvalue weighted by atomic mass is 9.93. The quantitative estimate of drug-likeness (QED) is 0.638. The number of thiophene rings is 1. The fourth-order valence-corrected chi connectivity index (χ4v) is 4.72. The Morgan fingerprint density at radius 2 is 2.40 bits per heavy atom. The number of carbonyl (C=O) groups excluding carboxylic acids is 1. The summed E-state index contributed by atoms with van der Waals surface area (Å²) in [5.41, 5.74) is 1.22. The summed E-state index contributed by atoms with van der Waals surface area (Å²) in [7, 11) is 0. The molecular weight excluding hydrogens is 358 g/mol. The van der Waals surface area contributed by atoms with E-state index in [0.29, 0.717) is 11.7 Å². The molecule has 2 aromatic rings. The average molecular weight is 378 g/mol. The van der Waals surface area contributed by atoms with Crippen molar-refractivity contribution in [3.8, 4) is 6.07 Å². The van der Waals surface area contributed by atoms with Crippen molar-refractivity contribution in [3.05, 3.63) is 21.9 Å². The summed E-state index contributed by atoms with van der Waals surface area (Å²) in [6, 6.07) is 1.99. The second-order valence-electron chi connectivity index (χ2n) is 6.17. The van der Waals surface area contributed by atoms with Crippen LogP contribution in [0.15, 0.2) is 6.33 Å². The SMILES string of the molecule is CCCCN(CC#N)C(=O)NC1CCc2c(sc3ncnc(Cl)c23)C1. The summed E-state index contributed by atoms with van der Waals surface area (Å²) < 4.78 is 0. The zero-order valence-corrected chi connectivity index (χ0v) is 15.7. The van der Waals surface area contributed by atoms with Crippen LogP contribution in [0.3, 0.4) is 0 Å². The highest BCUT2D eigenvalue weighted by Gasteiger charge is 2.26. The normalized spacial score (nSPS) is 16.3. The minimum absolute atomic E-state index is 0.0719. The van der Waals surface area contributed by atoms with Crippen LogP contribution >= 0.6 is 22.9 Å². The Balaban J connectivity index is 1.70. The molecule has 3 rings (SSSR count). The van der Waals surface area contributed by atoms with Crippen molar-refractivity contribution in [2.75, 3.05) is 13.1 Å². The lowest BCUT2D eigenvalue weighted by molar-refractivity contribution is 0.197. The van der Waals surface area contributed by atoms with E-state index in [4.69, 9.17) is 16.9 Å². The molecule has 1 aliphatic carbocycles. The summed E-state index contributed by atoms with van der Waals surface area (Å²) in [4.78, 5) is 24.6. The number of amides is 2. The van der Waals surface area contributed by atoms with Gasteiger partial charge in [-0.2, -0.15) is 5.26 Å². The predicted octanol–water partition coefficient (Wildman–Crippen LogP) is 3.54. The number of aromatic nitrogens is 2. The molecule has 1 atom stereocenters. The van der Waals surface area contributed by atoms with Crippen molar-refractivity contribution in [3.63, 3.8) is 0 Å². The van der Waals surface area contributed by atoms with Gasteiger partial charge in [-0.25, -0.2) is 14.8 Å². The Morgan fingerprint density at radius 1 is 1.56 bits per heavy atom. The molecule has 8 heteroatoms. The highest BCUT2D eigenvalue weighted by Crippen LogP contribution is 2.37. The van der Waals surface area contributed by atoms with Crippen LogP contribution in [0, 0.1) is 11.3 Å². The maximum absolute atomic E-state index is 12.5. The summed E-state index contributed by atoms with van der Waals surface area (Å²) in [6.07, 6.45) is 5.85. The van der Waals surface area contributed by atoms with Gasteiger partial charge in [0.15, 0.2) is 0 Å². The average Bonchev–Trinajstić information content (AvgIpc) is 2.97. The number of fused-ring (bicyclic) bond motifs is 3. The van der Waals surface area contributed by atoms with Gasteiger partial charge in [0.2, 0.25) is 0 Å². The van der Waals surface area contributed by atoms with E-state index in [1.807, 2.05) is 0 Å². The molecule has 0 bridgehead atoms. The summed E-state index contributed by atoms with van der Waals surface area (Å²) >= 11 is 7.85. The Kier molecular flexibility index (Phi) is 5.71. The molecule has 0 fully saturated rings. The smallest absolute Gasteiger partial charge is 0.318 e. The fraction of sp³-hybridized carbons (Fsp3) is 0.529. The van der Waals surface area contributed by atoms with Crippen molar-refractivity contribution in [2.24, 2.45) is 0 Å². The molecular formula is C17H20ClN5OS. The fourth-order valence-electron chi connectivity index (χ4n) is 3.15. The largest absolute Gasteiger partial charge is 0.335 e. The monoisotopic (exact) mass is 377 g/mol. The molecule has 1 N–H and O–H groups in total. The minimum Gasteiger partial charge on any atom is -0.335 e. The first-order valence-electron chi connectivity index (χ1n) is 8.47. The number of aryl methyl sites for hydroxylation is 1. The van der Waals surface area contributed by atoms with Crippen LogP contribution in [0.1, 0.15) is 36.6 Å². The highest BCUT2D eigenvalue weighted by atomic mass is 35.5. The first-order chi connectivity index (χ1) is 12.1. The van der Waals surface area contributed by atoms with Crippen LogP contribution in [0.5, 0.6) is 0 Å². The van der Waals surface area contributed by atoms with Crippen LogP contribution in [0.25, 0.3) is 10.2 Å². The van der Waals surface area contributed by atoms with Crippen LogP contribution in [-0.4, -0.2) is 40.0 Å². The zero-order valence-electron chi connectivity index (χ0n) is 14.1. The van der Waals surface area contributed by atoms with Gasteiger partial charge in [-0.1, -0.05) is 24.9 Å². The Labute approximate surface area is 155 Å². The standard InChI is InChI=1S/C17H20ClN5OS/c1-2-3-7-23(8-6-19)17(24)22-11-4-5-12-13(9-11)25-16-14(12)15(18)20-10-21-16/h10-11H,2-5,7-9H2,1H3,(H,22,24). The number of hydrogen-bond donors (Lipinski definition) is 1. The van der Waals surface area contributed by atoms with E-state index >= 15 is 0 Å². The van der Waals surface area contributed by atoms with Crippen molar-refractivity contribution in [1.82, 2.24) is 20.2 Å². The van der Waals surface area contributed by atoms with Crippen LogP contribution in [0.4, 0.5) is 4.79 Å². The lowest BCUT2D eigenvalue weighted by Gasteiger charge is -2.27.